The minimum absolute atomic E-state index is 0.0735. The van der Waals surface area contributed by atoms with Gasteiger partial charge in [0.15, 0.2) is 0 Å². The fourth-order valence-electron chi connectivity index (χ4n) is 1.60. The Balaban J connectivity index is 2.26. The predicted molar refractivity (Wildman–Crippen MR) is 83.4 cm³/mol. The number of thiophene rings is 1. The Bertz CT molecular complexity index is 859. The Morgan fingerprint density at radius 2 is 1.86 bits per heavy atom. The largest absolute Gasteiger partial charge is 0.279 e. The molecule has 0 fully saturated rings. The van der Waals surface area contributed by atoms with Crippen molar-refractivity contribution in [1.29, 1.82) is 0 Å². The second-order valence-electron chi connectivity index (χ2n) is 4.17. The highest BCUT2D eigenvalue weighted by molar-refractivity contribution is 7.94. The minimum Gasteiger partial charge on any atom is -0.279 e. The van der Waals surface area contributed by atoms with E-state index in [0.29, 0.717) is 9.90 Å². The molecule has 6 nitrogen and oxygen atoms in total. The van der Waals surface area contributed by atoms with Crippen LogP contribution < -0.4 is 9.86 Å². The maximum Gasteiger partial charge on any atom is 0.271 e. The molecule has 21 heavy (non-hydrogen) atoms. The lowest BCUT2D eigenvalue weighted by Gasteiger charge is -2.07. The summed E-state index contributed by atoms with van der Waals surface area (Å²) in [5, 5.41) is 4.96. The van der Waals surface area contributed by atoms with E-state index in [1.165, 1.54) is 24.3 Å². The van der Waals surface area contributed by atoms with Crippen molar-refractivity contribution in [3.05, 3.63) is 46.3 Å². The van der Waals surface area contributed by atoms with E-state index in [0.717, 1.165) is 11.3 Å². The number of nitrogens with two attached hydrogens (primary N) is 1. The van der Waals surface area contributed by atoms with Crippen LogP contribution in [-0.2, 0) is 25.8 Å². The first-order chi connectivity index (χ1) is 9.66. The third-order valence-electron chi connectivity index (χ3n) is 2.36. The highest BCUT2D eigenvalue weighted by Gasteiger charge is 2.17. The first-order valence-corrected chi connectivity index (χ1v) is 9.93. The van der Waals surface area contributed by atoms with Crippen molar-refractivity contribution in [3.63, 3.8) is 0 Å². The minimum atomic E-state index is -3.75. The molecule has 0 bridgehead atoms. The van der Waals surface area contributed by atoms with Crippen LogP contribution in [0.25, 0.3) is 0 Å². The predicted octanol–water partition coefficient (Wildman–Crippen LogP) is 1.99. The molecule has 0 spiro atoms. The van der Waals surface area contributed by atoms with Crippen LogP contribution in [0.1, 0.15) is 5.56 Å². The Morgan fingerprint density at radius 1 is 1.14 bits per heavy atom. The van der Waals surface area contributed by atoms with Gasteiger partial charge in [0.1, 0.15) is 4.21 Å². The number of halogens is 1. The van der Waals surface area contributed by atoms with Gasteiger partial charge >= 0.3 is 0 Å². The van der Waals surface area contributed by atoms with E-state index in [1.54, 1.807) is 12.1 Å². The summed E-state index contributed by atoms with van der Waals surface area (Å²) in [5.41, 5.74) is 0.641. The summed E-state index contributed by atoms with van der Waals surface area (Å²) in [6.07, 6.45) is 0. The van der Waals surface area contributed by atoms with Gasteiger partial charge in [-0.3, -0.25) is 4.72 Å². The van der Waals surface area contributed by atoms with Gasteiger partial charge in [0, 0.05) is 5.69 Å². The molecule has 1 aromatic carbocycles. The molecule has 0 aliphatic carbocycles. The number of hydrogen-bond donors (Lipinski definition) is 2. The second-order valence-corrected chi connectivity index (χ2v) is 9.41. The number of anilines is 1. The van der Waals surface area contributed by atoms with E-state index in [1.807, 2.05) is 0 Å². The summed E-state index contributed by atoms with van der Waals surface area (Å²) in [4.78, 5) is 0. The normalized spacial score (nSPS) is 12.3. The zero-order chi connectivity index (χ0) is 15.7. The Kier molecular flexibility index (Phi) is 4.59. The van der Waals surface area contributed by atoms with Gasteiger partial charge in [0.25, 0.3) is 10.0 Å². The van der Waals surface area contributed by atoms with Crippen LogP contribution >= 0.6 is 22.9 Å². The number of sulfonamides is 2. The number of rotatable bonds is 5. The van der Waals surface area contributed by atoms with Gasteiger partial charge in [-0.25, -0.2) is 22.0 Å². The molecule has 10 heteroatoms. The Labute approximate surface area is 131 Å². The van der Waals surface area contributed by atoms with Crippen molar-refractivity contribution in [1.82, 2.24) is 0 Å². The fourth-order valence-corrected chi connectivity index (χ4v) is 4.78. The molecule has 0 unspecified atom stereocenters. The van der Waals surface area contributed by atoms with Crippen molar-refractivity contribution < 1.29 is 16.8 Å². The monoisotopic (exact) mass is 366 g/mol. The van der Waals surface area contributed by atoms with E-state index < -0.39 is 20.0 Å². The van der Waals surface area contributed by atoms with Crippen molar-refractivity contribution in [3.8, 4) is 0 Å². The van der Waals surface area contributed by atoms with E-state index in [4.69, 9.17) is 16.7 Å². The van der Waals surface area contributed by atoms with Crippen molar-refractivity contribution in [2.75, 3.05) is 4.72 Å². The molecule has 1 heterocycles. The highest BCUT2D eigenvalue weighted by Crippen LogP contribution is 2.27. The Morgan fingerprint density at radius 3 is 2.43 bits per heavy atom. The molecule has 0 aliphatic rings. The van der Waals surface area contributed by atoms with E-state index >= 15 is 0 Å². The highest BCUT2D eigenvalue weighted by atomic mass is 35.5. The molecule has 2 aromatic rings. The van der Waals surface area contributed by atoms with Crippen molar-refractivity contribution in [2.45, 2.75) is 9.96 Å². The third kappa shape index (κ3) is 4.68. The topological polar surface area (TPSA) is 106 Å². The van der Waals surface area contributed by atoms with Crippen molar-refractivity contribution >= 4 is 48.7 Å². The summed E-state index contributed by atoms with van der Waals surface area (Å²) in [6.45, 7) is 0. The number of benzene rings is 1. The molecule has 0 saturated heterocycles. The van der Waals surface area contributed by atoms with Gasteiger partial charge in [0.05, 0.1) is 10.1 Å². The standard InChI is InChI=1S/C11H11ClN2O4S3/c12-10-4-5-11(19-10)21(17,18)14-9-3-1-2-8(6-9)7-20(13,15)16/h1-6,14H,7H2,(H2,13,15,16). The summed E-state index contributed by atoms with van der Waals surface area (Å²) >= 11 is 6.64. The summed E-state index contributed by atoms with van der Waals surface area (Å²) in [6, 6.07) is 8.89. The fraction of sp³-hybridized carbons (Fsp3) is 0.0909. The van der Waals surface area contributed by atoms with Gasteiger partial charge in [-0.1, -0.05) is 23.7 Å². The van der Waals surface area contributed by atoms with E-state index in [9.17, 15) is 16.8 Å². The molecule has 1 aromatic heterocycles. The lowest BCUT2D eigenvalue weighted by Crippen LogP contribution is -2.15. The first-order valence-electron chi connectivity index (χ1n) is 5.53. The summed E-state index contributed by atoms with van der Waals surface area (Å²) in [5.74, 6) is -0.368. The quantitative estimate of drug-likeness (QED) is 0.843. The smallest absolute Gasteiger partial charge is 0.271 e. The molecule has 0 aliphatic heterocycles. The Hall–Kier alpha value is -1.13. The van der Waals surface area contributed by atoms with Crippen molar-refractivity contribution in [2.24, 2.45) is 5.14 Å². The third-order valence-corrected chi connectivity index (χ3v) is 6.20. The van der Waals surface area contributed by atoms with Gasteiger partial charge in [-0.2, -0.15) is 0 Å². The maximum absolute atomic E-state index is 12.1. The average molecular weight is 367 g/mol. The number of hydrogen-bond acceptors (Lipinski definition) is 5. The van der Waals surface area contributed by atoms with Gasteiger partial charge in [0.2, 0.25) is 10.0 Å². The zero-order valence-corrected chi connectivity index (χ0v) is 13.7. The van der Waals surface area contributed by atoms with E-state index in [2.05, 4.69) is 4.72 Å². The lowest BCUT2D eigenvalue weighted by atomic mass is 10.2. The maximum atomic E-state index is 12.1. The molecule has 0 atom stereocenters. The van der Waals surface area contributed by atoms with Crippen LogP contribution in [0.3, 0.4) is 0 Å². The summed E-state index contributed by atoms with van der Waals surface area (Å²) in [7, 11) is -7.43. The number of nitrogens with one attached hydrogen (secondary N) is 1. The van der Waals surface area contributed by atoms with Crippen LogP contribution in [0.2, 0.25) is 4.34 Å². The van der Waals surface area contributed by atoms with Gasteiger partial charge in [-0.15, -0.1) is 11.3 Å². The zero-order valence-electron chi connectivity index (χ0n) is 10.5. The molecule has 114 valence electrons. The molecule has 2 rings (SSSR count). The van der Waals surface area contributed by atoms with Crippen LogP contribution in [0.15, 0.2) is 40.6 Å². The first kappa shape index (κ1) is 16.2. The molecule has 0 radical (unpaired) electrons. The van der Waals surface area contributed by atoms with Crippen LogP contribution in [-0.4, -0.2) is 16.8 Å². The summed E-state index contributed by atoms with van der Waals surface area (Å²) < 4.78 is 49.1. The lowest BCUT2D eigenvalue weighted by molar-refractivity contribution is 0.596. The molecular weight excluding hydrogens is 356 g/mol. The van der Waals surface area contributed by atoms with E-state index in [-0.39, 0.29) is 15.6 Å². The van der Waals surface area contributed by atoms with Crippen LogP contribution in [0.5, 0.6) is 0 Å². The van der Waals surface area contributed by atoms with Gasteiger partial charge < -0.3 is 0 Å². The molecule has 0 amide bonds. The second kappa shape index (κ2) is 5.93. The SMILES string of the molecule is NS(=O)(=O)Cc1cccc(NS(=O)(=O)c2ccc(Cl)s2)c1. The van der Waals surface area contributed by atoms with Crippen LogP contribution in [0.4, 0.5) is 5.69 Å². The molecular formula is C11H11ClN2O4S3. The number of primary sulfonamides is 1. The average Bonchev–Trinajstić information content (AvgIpc) is 2.74. The van der Waals surface area contributed by atoms with Crippen LogP contribution in [0, 0.1) is 0 Å². The molecule has 3 N–H and O–H groups in total. The molecule has 0 saturated carbocycles. The van der Waals surface area contributed by atoms with Gasteiger partial charge in [-0.05, 0) is 29.8 Å².